The summed E-state index contributed by atoms with van der Waals surface area (Å²) in [6.07, 6.45) is 0.706. The Morgan fingerprint density at radius 3 is 2.83 bits per heavy atom. The van der Waals surface area contributed by atoms with Crippen molar-refractivity contribution in [1.29, 1.82) is 0 Å². The van der Waals surface area contributed by atoms with Gasteiger partial charge in [0, 0.05) is 26.0 Å². The smallest absolute Gasteiger partial charge is 0.315 e. The highest BCUT2D eigenvalue weighted by atomic mass is 19.1. The van der Waals surface area contributed by atoms with E-state index >= 15 is 0 Å². The zero-order chi connectivity index (χ0) is 16.9. The second-order valence-corrected chi connectivity index (χ2v) is 5.68. The molecular formula is C16H19FN4O3. The molecule has 0 unspecified atom stereocenters. The molecule has 8 heteroatoms. The molecule has 1 aromatic heterocycles. The molecule has 24 heavy (non-hydrogen) atoms. The molecule has 0 spiro atoms. The van der Waals surface area contributed by atoms with Crippen LogP contribution in [-0.4, -0.2) is 29.3 Å². The normalized spacial score (nSPS) is 20.1. The molecule has 2 N–H and O–H groups in total. The molecule has 1 fully saturated rings. The topological polar surface area (TPSA) is 89.3 Å². The summed E-state index contributed by atoms with van der Waals surface area (Å²) in [6, 6.07) is 5.97. The molecule has 0 bridgehead atoms. The van der Waals surface area contributed by atoms with Crippen molar-refractivity contribution >= 4 is 6.03 Å². The first kappa shape index (κ1) is 16.4. The van der Waals surface area contributed by atoms with E-state index in [4.69, 9.17) is 9.26 Å². The maximum Gasteiger partial charge on any atom is 0.315 e. The van der Waals surface area contributed by atoms with Crippen LogP contribution in [0.15, 0.2) is 28.8 Å². The lowest BCUT2D eigenvalue weighted by molar-refractivity contribution is 0.0909. The lowest BCUT2D eigenvalue weighted by atomic mass is 9.95. The van der Waals surface area contributed by atoms with Gasteiger partial charge in [-0.1, -0.05) is 17.3 Å². The Labute approximate surface area is 138 Å². The van der Waals surface area contributed by atoms with Gasteiger partial charge in [0.15, 0.2) is 5.82 Å². The Bertz CT molecular complexity index is 689. The fourth-order valence-electron chi connectivity index (χ4n) is 2.72. The van der Waals surface area contributed by atoms with Crippen molar-refractivity contribution in [2.24, 2.45) is 5.92 Å². The fourth-order valence-corrected chi connectivity index (χ4v) is 2.72. The van der Waals surface area contributed by atoms with Gasteiger partial charge in [0.2, 0.25) is 5.89 Å². The molecule has 1 aromatic carbocycles. The van der Waals surface area contributed by atoms with Gasteiger partial charge in [0.25, 0.3) is 0 Å². The second kappa shape index (κ2) is 7.39. The van der Waals surface area contributed by atoms with Crippen molar-refractivity contribution in [3.63, 3.8) is 0 Å². The number of aromatic nitrogens is 2. The average molecular weight is 334 g/mol. The number of urea groups is 1. The molecular weight excluding hydrogens is 315 g/mol. The zero-order valence-electron chi connectivity index (χ0n) is 13.3. The predicted molar refractivity (Wildman–Crippen MR) is 82.5 cm³/mol. The van der Waals surface area contributed by atoms with Crippen LogP contribution in [-0.2, 0) is 11.3 Å². The van der Waals surface area contributed by atoms with Crippen molar-refractivity contribution in [3.05, 3.63) is 47.4 Å². The van der Waals surface area contributed by atoms with Crippen LogP contribution in [0, 0.1) is 18.7 Å². The number of hydrogen-bond acceptors (Lipinski definition) is 5. The predicted octanol–water partition coefficient (Wildman–Crippen LogP) is 2.09. The molecule has 2 amide bonds. The highest BCUT2D eigenvalue weighted by Crippen LogP contribution is 2.34. The monoisotopic (exact) mass is 334 g/mol. The minimum atomic E-state index is -0.304. The summed E-state index contributed by atoms with van der Waals surface area (Å²) in [4.78, 5) is 15.9. The van der Waals surface area contributed by atoms with E-state index in [0.29, 0.717) is 24.9 Å². The molecule has 0 radical (unpaired) electrons. The Morgan fingerprint density at radius 1 is 1.33 bits per heavy atom. The third-order valence-corrected chi connectivity index (χ3v) is 3.91. The van der Waals surface area contributed by atoms with E-state index in [0.717, 1.165) is 12.0 Å². The van der Waals surface area contributed by atoms with Crippen LogP contribution < -0.4 is 10.6 Å². The van der Waals surface area contributed by atoms with Crippen LogP contribution in [0.1, 0.15) is 29.8 Å². The Morgan fingerprint density at radius 2 is 2.12 bits per heavy atom. The summed E-state index contributed by atoms with van der Waals surface area (Å²) < 4.78 is 23.6. The molecule has 0 saturated carbocycles. The number of halogens is 1. The zero-order valence-corrected chi connectivity index (χ0v) is 13.3. The van der Waals surface area contributed by atoms with Crippen molar-refractivity contribution < 1.29 is 18.4 Å². The fraction of sp³-hybridized carbons (Fsp3) is 0.438. The number of nitrogens with one attached hydrogen (secondary N) is 2. The summed E-state index contributed by atoms with van der Waals surface area (Å²) >= 11 is 0. The summed E-state index contributed by atoms with van der Waals surface area (Å²) in [6.45, 7) is 2.98. The molecule has 7 nitrogen and oxygen atoms in total. The van der Waals surface area contributed by atoms with E-state index in [1.807, 2.05) is 0 Å². The van der Waals surface area contributed by atoms with E-state index in [1.54, 1.807) is 19.1 Å². The van der Waals surface area contributed by atoms with E-state index in [-0.39, 0.29) is 30.4 Å². The molecule has 1 aliphatic heterocycles. The summed E-state index contributed by atoms with van der Waals surface area (Å²) in [7, 11) is 0. The summed E-state index contributed by atoms with van der Waals surface area (Å²) in [5, 5.41) is 9.20. The van der Waals surface area contributed by atoms with Gasteiger partial charge in [0.1, 0.15) is 5.82 Å². The summed E-state index contributed by atoms with van der Waals surface area (Å²) in [5.41, 5.74) is 0.920. The van der Waals surface area contributed by atoms with E-state index in [1.165, 1.54) is 12.1 Å². The first-order chi connectivity index (χ1) is 11.6. The Kier molecular flexibility index (Phi) is 5.05. The Balaban J connectivity index is 1.48. The van der Waals surface area contributed by atoms with Crippen LogP contribution in [0.25, 0.3) is 0 Å². The largest absolute Gasteiger partial charge is 0.373 e. The second-order valence-electron chi connectivity index (χ2n) is 5.68. The molecule has 2 atom stereocenters. The molecule has 1 aliphatic rings. The quantitative estimate of drug-likeness (QED) is 0.874. The first-order valence-corrected chi connectivity index (χ1v) is 7.80. The minimum absolute atomic E-state index is 0.134. The van der Waals surface area contributed by atoms with Crippen molar-refractivity contribution in [3.8, 4) is 0 Å². The number of nitrogens with zero attached hydrogens (tertiary/aromatic N) is 2. The third-order valence-electron chi connectivity index (χ3n) is 3.91. The van der Waals surface area contributed by atoms with E-state index in [9.17, 15) is 9.18 Å². The number of carbonyl (C=O) groups excluding carboxylic acids is 1. The van der Waals surface area contributed by atoms with E-state index in [2.05, 4.69) is 20.8 Å². The van der Waals surface area contributed by atoms with Gasteiger partial charge in [-0.2, -0.15) is 4.98 Å². The van der Waals surface area contributed by atoms with Crippen LogP contribution in [0.5, 0.6) is 0 Å². The highest BCUT2D eigenvalue weighted by molar-refractivity contribution is 5.73. The molecule has 2 aromatic rings. The van der Waals surface area contributed by atoms with Crippen molar-refractivity contribution in [2.75, 3.05) is 13.2 Å². The third kappa shape index (κ3) is 4.08. The van der Waals surface area contributed by atoms with Gasteiger partial charge < -0.3 is 19.9 Å². The van der Waals surface area contributed by atoms with Crippen LogP contribution >= 0.6 is 0 Å². The highest BCUT2D eigenvalue weighted by Gasteiger charge is 2.29. The number of carbonyl (C=O) groups is 1. The number of rotatable bonds is 5. The lowest BCUT2D eigenvalue weighted by Gasteiger charge is -2.19. The number of hydrogen-bond donors (Lipinski definition) is 2. The molecule has 2 heterocycles. The van der Waals surface area contributed by atoms with Crippen LogP contribution in [0.4, 0.5) is 9.18 Å². The van der Waals surface area contributed by atoms with Crippen LogP contribution in [0.2, 0.25) is 0 Å². The van der Waals surface area contributed by atoms with Gasteiger partial charge >= 0.3 is 6.03 Å². The van der Waals surface area contributed by atoms with Crippen molar-refractivity contribution in [2.45, 2.75) is 26.0 Å². The van der Waals surface area contributed by atoms with Crippen molar-refractivity contribution in [1.82, 2.24) is 20.8 Å². The minimum Gasteiger partial charge on any atom is -0.373 e. The SMILES string of the molecule is Cc1nc(CNC(=O)NC[C@@H]2CCO[C@H]2c2ccc(F)cc2)no1. The number of amides is 2. The van der Waals surface area contributed by atoms with Gasteiger partial charge in [-0.05, 0) is 24.1 Å². The number of benzene rings is 1. The van der Waals surface area contributed by atoms with Gasteiger partial charge in [-0.25, -0.2) is 9.18 Å². The molecule has 1 saturated heterocycles. The Hall–Kier alpha value is -2.48. The lowest BCUT2D eigenvalue weighted by Crippen LogP contribution is -2.38. The first-order valence-electron chi connectivity index (χ1n) is 7.80. The molecule has 128 valence electrons. The number of ether oxygens (including phenoxy) is 1. The number of aryl methyl sites for hydroxylation is 1. The van der Waals surface area contributed by atoms with Crippen LogP contribution in [0.3, 0.4) is 0 Å². The standard InChI is InChI=1S/C16H19FN4O3/c1-10-20-14(21-24-10)9-19-16(22)18-8-12-6-7-23-15(12)11-2-4-13(17)5-3-11/h2-5,12,15H,6-9H2,1H3,(H2,18,19,22)/t12-,15-/m0/s1. The maximum atomic E-state index is 13.0. The van der Waals surface area contributed by atoms with E-state index < -0.39 is 0 Å². The average Bonchev–Trinajstić information content (AvgIpc) is 3.20. The van der Waals surface area contributed by atoms with Gasteiger partial charge in [-0.15, -0.1) is 0 Å². The maximum absolute atomic E-state index is 13.0. The summed E-state index contributed by atoms with van der Waals surface area (Å²) in [5.74, 6) is 0.754. The molecule has 0 aliphatic carbocycles. The molecule has 3 rings (SSSR count). The van der Waals surface area contributed by atoms with Gasteiger partial charge in [-0.3, -0.25) is 0 Å². The van der Waals surface area contributed by atoms with Gasteiger partial charge in [0.05, 0.1) is 12.6 Å².